The summed E-state index contributed by atoms with van der Waals surface area (Å²) in [4.78, 5) is 16.6. The van der Waals surface area contributed by atoms with Crippen LogP contribution in [0, 0.1) is 17.2 Å². The van der Waals surface area contributed by atoms with Gasteiger partial charge in [-0.05, 0) is 19.4 Å². The van der Waals surface area contributed by atoms with E-state index in [-0.39, 0.29) is 5.92 Å². The summed E-state index contributed by atoms with van der Waals surface area (Å²) in [5.74, 6) is 0.466. The van der Waals surface area contributed by atoms with E-state index in [9.17, 15) is 4.79 Å². The minimum atomic E-state index is 0.149. The fraction of sp³-hybridized carbons (Fsp3) is 0.846. The maximum Gasteiger partial charge on any atom is 0.227 e. The van der Waals surface area contributed by atoms with Crippen molar-refractivity contribution in [3.05, 3.63) is 0 Å². The molecule has 0 aromatic rings. The average molecular weight is 250 g/mol. The lowest BCUT2D eigenvalue weighted by Crippen LogP contribution is -2.51. The Morgan fingerprint density at radius 1 is 1.33 bits per heavy atom. The second-order valence-corrected chi connectivity index (χ2v) is 5.12. The zero-order valence-corrected chi connectivity index (χ0v) is 10.9. The SMILES string of the molecule is N#CCCN1CCCC(C(=O)N2CCNCC2)C1. The van der Waals surface area contributed by atoms with Crippen molar-refractivity contribution in [1.29, 1.82) is 5.26 Å². The van der Waals surface area contributed by atoms with Crippen LogP contribution in [0.15, 0.2) is 0 Å². The molecule has 0 radical (unpaired) electrons. The molecule has 100 valence electrons. The highest BCUT2D eigenvalue weighted by Crippen LogP contribution is 2.19. The largest absolute Gasteiger partial charge is 0.340 e. The number of nitrogens with one attached hydrogen (secondary N) is 1. The molecule has 0 aliphatic carbocycles. The van der Waals surface area contributed by atoms with E-state index >= 15 is 0 Å². The van der Waals surface area contributed by atoms with Crippen LogP contribution in [0.2, 0.25) is 0 Å². The summed E-state index contributed by atoms with van der Waals surface area (Å²) in [6.07, 6.45) is 2.65. The number of hydrogen-bond donors (Lipinski definition) is 1. The van der Waals surface area contributed by atoms with E-state index < -0.39 is 0 Å². The number of carbonyl (C=O) groups is 1. The molecule has 2 rings (SSSR count). The highest BCUT2D eigenvalue weighted by atomic mass is 16.2. The van der Waals surface area contributed by atoms with Gasteiger partial charge in [0.05, 0.1) is 12.0 Å². The molecule has 2 heterocycles. The van der Waals surface area contributed by atoms with Gasteiger partial charge in [-0.25, -0.2) is 0 Å². The number of amides is 1. The van der Waals surface area contributed by atoms with Gasteiger partial charge in [0.2, 0.25) is 5.91 Å². The lowest BCUT2D eigenvalue weighted by Gasteiger charge is -2.36. The molecular weight excluding hydrogens is 228 g/mol. The van der Waals surface area contributed by atoms with Crippen molar-refractivity contribution in [2.75, 3.05) is 45.8 Å². The molecule has 0 bridgehead atoms. The summed E-state index contributed by atoms with van der Waals surface area (Å²) < 4.78 is 0. The Morgan fingerprint density at radius 2 is 2.11 bits per heavy atom. The first-order valence-electron chi connectivity index (χ1n) is 6.90. The molecule has 18 heavy (non-hydrogen) atoms. The fourth-order valence-electron chi connectivity index (χ4n) is 2.81. The molecule has 1 amide bonds. The molecule has 2 fully saturated rings. The van der Waals surface area contributed by atoms with Crippen LogP contribution in [-0.2, 0) is 4.79 Å². The summed E-state index contributed by atoms with van der Waals surface area (Å²) in [5, 5.41) is 11.9. The molecule has 2 saturated heterocycles. The Hall–Kier alpha value is -1.12. The van der Waals surface area contributed by atoms with Crippen molar-refractivity contribution in [2.45, 2.75) is 19.3 Å². The third-order valence-electron chi connectivity index (χ3n) is 3.82. The summed E-state index contributed by atoms with van der Waals surface area (Å²) in [5.41, 5.74) is 0. The molecule has 1 N–H and O–H groups in total. The molecule has 5 nitrogen and oxygen atoms in total. The third kappa shape index (κ3) is 3.44. The van der Waals surface area contributed by atoms with Crippen molar-refractivity contribution < 1.29 is 4.79 Å². The molecule has 2 aliphatic heterocycles. The normalized spacial score (nSPS) is 25.7. The molecule has 1 unspecified atom stereocenters. The second kappa shape index (κ2) is 6.72. The summed E-state index contributed by atoms with van der Waals surface area (Å²) >= 11 is 0. The maximum absolute atomic E-state index is 12.4. The zero-order chi connectivity index (χ0) is 12.8. The van der Waals surface area contributed by atoms with Crippen LogP contribution in [-0.4, -0.2) is 61.5 Å². The van der Waals surface area contributed by atoms with Crippen molar-refractivity contribution in [3.63, 3.8) is 0 Å². The van der Waals surface area contributed by atoms with Crippen LogP contribution < -0.4 is 5.32 Å². The van der Waals surface area contributed by atoms with Crippen LogP contribution in [0.5, 0.6) is 0 Å². The monoisotopic (exact) mass is 250 g/mol. The molecule has 5 heteroatoms. The van der Waals surface area contributed by atoms with E-state index in [1.165, 1.54) is 0 Å². The minimum absolute atomic E-state index is 0.149. The van der Waals surface area contributed by atoms with Crippen molar-refractivity contribution in [1.82, 2.24) is 15.1 Å². The first kappa shape index (κ1) is 13.3. The molecule has 0 aromatic carbocycles. The van der Waals surface area contributed by atoms with E-state index in [1.807, 2.05) is 4.90 Å². The number of likely N-dealkylation sites (tertiary alicyclic amines) is 1. The first-order valence-corrected chi connectivity index (χ1v) is 6.90. The molecule has 1 atom stereocenters. The molecule has 0 spiro atoms. The number of hydrogen-bond acceptors (Lipinski definition) is 4. The van der Waals surface area contributed by atoms with Crippen molar-refractivity contribution in [2.24, 2.45) is 5.92 Å². The number of nitrogens with zero attached hydrogens (tertiary/aromatic N) is 3. The van der Waals surface area contributed by atoms with E-state index in [0.717, 1.165) is 58.7 Å². The first-order chi connectivity index (χ1) is 8.81. The number of piperazine rings is 1. The topological polar surface area (TPSA) is 59.4 Å². The lowest BCUT2D eigenvalue weighted by molar-refractivity contribution is -0.137. The molecular formula is C13H22N4O. The quantitative estimate of drug-likeness (QED) is 0.768. The Labute approximate surface area is 109 Å². The standard InChI is InChI=1S/C13H22N4O/c14-4-2-8-16-7-1-3-12(11-16)13(18)17-9-5-15-6-10-17/h12,15H,1-3,5-11H2. The molecule has 0 aromatic heterocycles. The van der Waals surface area contributed by atoms with Gasteiger partial charge in [-0.3, -0.25) is 4.79 Å². The minimum Gasteiger partial charge on any atom is -0.340 e. The third-order valence-corrected chi connectivity index (χ3v) is 3.82. The average Bonchev–Trinajstić information content (AvgIpc) is 2.45. The highest BCUT2D eigenvalue weighted by molar-refractivity contribution is 5.79. The van der Waals surface area contributed by atoms with Crippen molar-refractivity contribution >= 4 is 5.91 Å². The Kier molecular flexibility index (Phi) is 4.97. The lowest BCUT2D eigenvalue weighted by atomic mass is 9.96. The summed E-state index contributed by atoms with van der Waals surface area (Å²) in [6, 6.07) is 2.18. The Balaban J connectivity index is 1.83. The maximum atomic E-state index is 12.4. The number of nitriles is 1. The van der Waals surface area contributed by atoms with Gasteiger partial charge in [-0.2, -0.15) is 5.26 Å². The van der Waals surface area contributed by atoms with Crippen LogP contribution >= 0.6 is 0 Å². The Bertz CT molecular complexity index is 319. The van der Waals surface area contributed by atoms with Gasteiger partial charge in [0.25, 0.3) is 0 Å². The van der Waals surface area contributed by atoms with Gasteiger partial charge in [0.15, 0.2) is 0 Å². The highest BCUT2D eigenvalue weighted by Gasteiger charge is 2.29. The van der Waals surface area contributed by atoms with Crippen LogP contribution in [0.4, 0.5) is 0 Å². The van der Waals surface area contributed by atoms with Crippen molar-refractivity contribution in [3.8, 4) is 6.07 Å². The number of carbonyl (C=O) groups excluding carboxylic acids is 1. The number of rotatable bonds is 3. The van der Waals surface area contributed by atoms with Gasteiger partial charge in [-0.15, -0.1) is 0 Å². The van der Waals surface area contributed by atoms with Gasteiger partial charge < -0.3 is 15.1 Å². The van der Waals surface area contributed by atoms with Crippen LogP contribution in [0.25, 0.3) is 0 Å². The summed E-state index contributed by atoms with van der Waals surface area (Å²) in [7, 11) is 0. The predicted molar refractivity (Wildman–Crippen MR) is 68.8 cm³/mol. The molecule has 0 saturated carbocycles. The second-order valence-electron chi connectivity index (χ2n) is 5.12. The van der Waals surface area contributed by atoms with Crippen LogP contribution in [0.3, 0.4) is 0 Å². The zero-order valence-electron chi connectivity index (χ0n) is 10.9. The smallest absolute Gasteiger partial charge is 0.227 e. The van der Waals surface area contributed by atoms with E-state index in [0.29, 0.717) is 12.3 Å². The van der Waals surface area contributed by atoms with E-state index in [4.69, 9.17) is 5.26 Å². The summed E-state index contributed by atoms with van der Waals surface area (Å²) in [6.45, 7) is 6.19. The van der Waals surface area contributed by atoms with Gasteiger partial charge in [0.1, 0.15) is 0 Å². The van der Waals surface area contributed by atoms with Crippen LogP contribution in [0.1, 0.15) is 19.3 Å². The van der Waals surface area contributed by atoms with E-state index in [1.54, 1.807) is 0 Å². The van der Waals surface area contributed by atoms with E-state index in [2.05, 4.69) is 16.3 Å². The fourth-order valence-corrected chi connectivity index (χ4v) is 2.81. The van der Waals surface area contributed by atoms with Gasteiger partial charge in [0, 0.05) is 45.7 Å². The van der Waals surface area contributed by atoms with Gasteiger partial charge >= 0.3 is 0 Å². The Morgan fingerprint density at radius 3 is 2.83 bits per heavy atom. The predicted octanol–water partition coefficient (Wildman–Crippen LogP) is 0.0439. The molecule has 2 aliphatic rings. The van der Waals surface area contributed by atoms with Gasteiger partial charge in [-0.1, -0.05) is 0 Å². The number of piperidine rings is 1.